The molecule has 0 aromatic heterocycles. The number of alkyl halides is 3. The van der Waals surface area contributed by atoms with Crippen LogP contribution in [0.2, 0.25) is 0 Å². The van der Waals surface area contributed by atoms with Gasteiger partial charge < -0.3 is 15.3 Å². The zero-order chi connectivity index (χ0) is 17.7. The van der Waals surface area contributed by atoms with Gasteiger partial charge in [0.25, 0.3) is 0 Å². The average molecular weight is 340 g/mol. The van der Waals surface area contributed by atoms with E-state index in [-0.39, 0.29) is 18.7 Å². The molecule has 2 amide bonds. The monoisotopic (exact) mass is 340 g/mol. The molecule has 24 heavy (non-hydrogen) atoms. The summed E-state index contributed by atoms with van der Waals surface area (Å²) in [7, 11) is 0. The molecule has 128 valence electrons. The van der Waals surface area contributed by atoms with Gasteiger partial charge in [0.15, 0.2) is 0 Å². The minimum atomic E-state index is -4.43. The number of rotatable bonds is 2. The third-order valence-electron chi connectivity index (χ3n) is 3.58. The van der Waals surface area contributed by atoms with Crippen LogP contribution >= 0.6 is 0 Å². The number of nitrogens with zero attached hydrogens (tertiary/aromatic N) is 1. The molecule has 0 spiro atoms. The van der Waals surface area contributed by atoms with Gasteiger partial charge in [0, 0.05) is 18.7 Å². The Hall–Kier alpha value is -2.69. The fourth-order valence-electron chi connectivity index (χ4n) is 2.30. The average Bonchev–Trinajstić information content (AvgIpc) is 3.01. The quantitative estimate of drug-likeness (QED) is 0.811. The van der Waals surface area contributed by atoms with Crippen molar-refractivity contribution in [2.24, 2.45) is 5.92 Å². The molecule has 1 aromatic rings. The van der Waals surface area contributed by atoms with Gasteiger partial charge >= 0.3 is 18.2 Å². The van der Waals surface area contributed by atoms with Crippen molar-refractivity contribution in [2.45, 2.75) is 12.6 Å². The SMILES string of the molecule is O=C(O)C1CCN(C(=O)NCC#Cc2cccc(C(F)(F)F)c2)C1. The van der Waals surface area contributed by atoms with Gasteiger partial charge in [0.05, 0.1) is 18.0 Å². The van der Waals surface area contributed by atoms with Crippen molar-refractivity contribution in [3.63, 3.8) is 0 Å². The first-order valence-corrected chi connectivity index (χ1v) is 7.19. The van der Waals surface area contributed by atoms with Gasteiger partial charge in [-0.1, -0.05) is 17.9 Å². The van der Waals surface area contributed by atoms with Crippen LogP contribution in [0.4, 0.5) is 18.0 Å². The molecule has 2 rings (SSSR count). The van der Waals surface area contributed by atoms with E-state index < -0.39 is 29.7 Å². The fraction of sp³-hybridized carbons (Fsp3) is 0.375. The summed E-state index contributed by atoms with van der Waals surface area (Å²) in [6.45, 7) is 0.454. The van der Waals surface area contributed by atoms with E-state index in [9.17, 15) is 22.8 Å². The van der Waals surface area contributed by atoms with E-state index in [1.807, 2.05) is 0 Å². The molecule has 1 unspecified atom stereocenters. The second kappa shape index (κ2) is 7.25. The Balaban J connectivity index is 1.86. The van der Waals surface area contributed by atoms with Gasteiger partial charge in [-0.25, -0.2) is 4.79 Å². The number of carbonyl (C=O) groups is 2. The van der Waals surface area contributed by atoms with Crippen LogP contribution < -0.4 is 5.32 Å². The maximum absolute atomic E-state index is 12.6. The summed E-state index contributed by atoms with van der Waals surface area (Å²) in [5, 5.41) is 11.4. The van der Waals surface area contributed by atoms with E-state index in [1.54, 1.807) is 0 Å². The summed E-state index contributed by atoms with van der Waals surface area (Å²) in [5.41, 5.74) is -0.582. The summed E-state index contributed by atoms with van der Waals surface area (Å²) in [6.07, 6.45) is -4.03. The molecule has 8 heteroatoms. The Bertz CT molecular complexity index is 692. The highest BCUT2D eigenvalue weighted by Crippen LogP contribution is 2.29. The number of likely N-dealkylation sites (tertiary alicyclic amines) is 1. The second-order valence-electron chi connectivity index (χ2n) is 5.31. The molecule has 1 atom stereocenters. The number of benzene rings is 1. The van der Waals surface area contributed by atoms with E-state index in [0.717, 1.165) is 12.1 Å². The van der Waals surface area contributed by atoms with Crippen LogP contribution in [0.15, 0.2) is 24.3 Å². The molecule has 1 fully saturated rings. The molecule has 1 aromatic carbocycles. The van der Waals surface area contributed by atoms with Crippen molar-refractivity contribution in [1.29, 1.82) is 0 Å². The minimum absolute atomic E-state index is 0.0384. The number of hydrogen-bond acceptors (Lipinski definition) is 2. The predicted octanol–water partition coefficient (Wildman–Crippen LogP) is 2.17. The van der Waals surface area contributed by atoms with E-state index in [1.165, 1.54) is 17.0 Å². The van der Waals surface area contributed by atoms with Crippen LogP contribution in [0.5, 0.6) is 0 Å². The molecule has 0 aliphatic carbocycles. The van der Waals surface area contributed by atoms with Gasteiger partial charge in [0.2, 0.25) is 0 Å². The summed E-state index contributed by atoms with van der Waals surface area (Å²) in [6, 6.07) is 4.17. The molecule has 1 heterocycles. The molecular formula is C16H15F3N2O3. The number of hydrogen-bond donors (Lipinski definition) is 2. The zero-order valence-corrected chi connectivity index (χ0v) is 12.6. The lowest BCUT2D eigenvalue weighted by molar-refractivity contribution is -0.141. The lowest BCUT2D eigenvalue weighted by Gasteiger charge is -2.15. The summed E-state index contributed by atoms with van der Waals surface area (Å²) < 4.78 is 37.7. The lowest BCUT2D eigenvalue weighted by atomic mass is 10.1. The number of amides is 2. The largest absolute Gasteiger partial charge is 0.481 e. The van der Waals surface area contributed by atoms with Gasteiger partial charge in [-0.3, -0.25) is 4.79 Å². The van der Waals surface area contributed by atoms with Crippen molar-refractivity contribution in [2.75, 3.05) is 19.6 Å². The summed E-state index contributed by atoms with van der Waals surface area (Å²) in [4.78, 5) is 24.0. The Morgan fingerprint density at radius 3 is 2.75 bits per heavy atom. The maximum atomic E-state index is 12.6. The van der Waals surface area contributed by atoms with Crippen molar-refractivity contribution < 1.29 is 27.9 Å². The number of aliphatic carboxylic acids is 1. The van der Waals surface area contributed by atoms with Gasteiger partial charge in [-0.15, -0.1) is 0 Å². The number of carboxylic acids is 1. The minimum Gasteiger partial charge on any atom is -0.481 e. The Morgan fingerprint density at radius 1 is 1.38 bits per heavy atom. The number of urea groups is 1. The Kier molecular flexibility index (Phi) is 5.34. The van der Waals surface area contributed by atoms with E-state index >= 15 is 0 Å². The maximum Gasteiger partial charge on any atom is 0.416 e. The Morgan fingerprint density at radius 2 is 2.12 bits per heavy atom. The summed E-state index contributed by atoms with van der Waals surface area (Å²) in [5.74, 6) is 3.63. The standard InChI is InChI=1S/C16H15F3N2O3/c17-16(18,19)13-5-1-3-11(9-13)4-2-7-20-15(24)21-8-6-12(10-21)14(22)23/h1,3,5,9,12H,6-8,10H2,(H,20,24)(H,22,23). The highest BCUT2D eigenvalue weighted by atomic mass is 19.4. The number of halogens is 3. The first-order chi connectivity index (χ1) is 11.3. The third-order valence-corrected chi connectivity index (χ3v) is 3.58. The van der Waals surface area contributed by atoms with Crippen LogP contribution in [0.25, 0.3) is 0 Å². The second-order valence-corrected chi connectivity index (χ2v) is 5.31. The van der Waals surface area contributed by atoms with Crippen molar-refractivity contribution in [3.05, 3.63) is 35.4 Å². The smallest absolute Gasteiger partial charge is 0.416 e. The molecule has 0 radical (unpaired) electrons. The van der Waals surface area contributed by atoms with E-state index in [4.69, 9.17) is 5.11 Å². The highest BCUT2D eigenvalue weighted by Gasteiger charge is 2.31. The van der Waals surface area contributed by atoms with Gasteiger partial charge in [-0.2, -0.15) is 13.2 Å². The van der Waals surface area contributed by atoms with Crippen LogP contribution in [0.1, 0.15) is 17.5 Å². The number of carbonyl (C=O) groups excluding carboxylic acids is 1. The number of nitrogens with one attached hydrogen (secondary N) is 1. The van der Waals surface area contributed by atoms with E-state index in [2.05, 4.69) is 17.2 Å². The highest BCUT2D eigenvalue weighted by molar-refractivity contribution is 5.77. The topological polar surface area (TPSA) is 69.6 Å². The van der Waals surface area contributed by atoms with E-state index in [0.29, 0.717) is 13.0 Å². The third kappa shape index (κ3) is 4.65. The number of carboxylic acid groups (broad SMARTS) is 1. The first-order valence-electron chi connectivity index (χ1n) is 7.19. The van der Waals surface area contributed by atoms with Crippen molar-refractivity contribution in [1.82, 2.24) is 10.2 Å². The molecule has 5 nitrogen and oxygen atoms in total. The molecule has 0 saturated carbocycles. The predicted molar refractivity (Wildman–Crippen MR) is 79.0 cm³/mol. The first kappa shape index (κ1) is 17.7. The molecule has 0 bridgehead atoms. The van der Waals surface area contributed by atoms with Crippen LogP contribution in [0, 0.1) is 17.8 Å². The Labute approximate surface area is 136 Å². The van der Waals surface area contributed by atoms with Crippen LogP contribution in [-0.2, 0) is 11.0 Å². The normalized spacial score (nSPS) is 17.1. The van der Waals surface area contributed by atoms with Crippen LogP contribution in [-0.4, -0.2) is 41.6 Å². The molecule has 1 saturated heterocycles. The molecule has 1 aliphatic heterocycles. The molecule has 1 aliphatic rings. The zero-order valence-electron chi connectivity index (χ0n) is 12.6. The fourth-order valence-corrected chi connectivity index (χ4v) is 2.30. The molecule has 2 N–H and O–H groups in total. The molecular weight excluding hydrogens is 325 g/mol. The van der Waals surface area contributed by atoms with Gasteiger partial charge in [0.1, 0.15) is 0 Å². The van der Waals surface area contributed by atoms with Gasteiger partial charge in [-0.05, 0) is 24.6 Å². The van der Waals surface area contributed by atoms with Crippen molar-refractivity contribution in [3.8, 4) is 11.8 Å². The summed E-state index contributed by atoms with van der Waals surface area (Å²) >= 11 is 0. The van der Waals surface area contributed by atoms with Crippen LogP contribution in [0.3, 0.4) is 0 Å². The van der Waals surface area contributed by atoms with Crippen molar-refractivity contribution >= 4 is 12.0 Å². The lowest BCUT2D eigenvalue weighted by Crippen LogP contribution is -2.39.